The number of amides is 1. The van der Waals surface area contributed by atoms with E-state index < -0.39 is 6.04 Å². The van der Waals surface area contributed by atoms with Crippen molar-refractivity contribution in [2.75, 3.05) is 5.32 Å². The van der Waals surface area contributed by atoms with E-state index in [0.29, 0.717) is 17.4 Å². The van der Waals surface area contributed by atoms with Gasteiger partial charge in [-0.1, -0.05) is 12.1 Å². The van der Waals surface area contributed by atoms with E-state index in [0.717, 1.165) is 29.1 Å². The van der Waals surface area contributed by atoms with Gasteiger partial charge >= 0.3 is 0 Å². The number of nitrogens with zero attached hydrogens (tertiary/aromatic N) is 4. The topological polar surface area (TPSA) is 81.3 Å². The third-order valence-corrected chi connectivity index (χ3v) is 5.99. The summed E-state index contributed by atoms with van der Waals surface area (Å²) in [6.07, 6.45) is 4.02. The Bertz CT molecular complexity index is 1250. The quantitative estimate of drug-likeness (QED) is 0.549. The van der Waals surface area contributed by atoms with Crippen LogP contribution in [0.25, 0.3) is 16.2 Å². The number of thiophene rings is 1. The van der Waals surface area contributed by atoms with E-state index in [2.05, 4.69) is 15.4 Å². The fourth-order valence-corrected chi connectivity index (χ4v) is 4.06. The molecule has 1 amide bonds. The number of fused-ring (bicyclic) bond motifs is 1. The van der Waals surface area contributed by atoms with Gasteiger partial charge in [-0.2, -0.15) is 5.10 Å². The van der Waals surface area contributed by atoms with Crippen molar-refractivity contribution in [2.45, 2.75) is 31.7 Å². The Balaban J connectivity index is 1.51. The van der Waals surface area contributed by atoms with E-state index in [1.165, 1.54) is 10.7 Å². The summed E-state index contributed by atoms with van der Waals surface area (Å²) in [6.45, 7) is 1.69. The Morgan fingerprint density at radius 1 is 1.21 bits per heavy atom. The first kappa shape index (κ1) is 17.8. The van der Waals surface area contributed by atoms with Gasteiger partial charge in [0, 0.05) is 18.2 Å². The highest BCUT2D eigenvalue weighted by Crippen LogP contribution is 2.38. The number of aromatic nitrogens is 4. The molecule has 146 valence electrons. The zero-order chi connectivity index (χ0) is 20.0. The molecule has 29 heavy (non-hydrogen) atoms. The van der Waals surface area contributed by atoms with Gasteiger partial charge in [-0.15, -0.1) is 11.3 Å². The van der Waals surface area contributed by atoms with Gasteiger partial charge in [0.15, 0.2) is 0 Å². The molecule has 8 heteroatoms. The molecule has 0 saturated heterocycles. The van der Waals surface area contributed by atoms with Crippen molar-refractivity contribution < 1.29 is 4.79 Å². The third-order valence-electron chi connectivity index (χ3n) is 5.11. The number of carbonyl (C=O) groups excluding carboxylic acids is 1. The first-order valence-corrected chi connectivity index (χ1v) is 10.4. The van der Waals surface area contributed by atoms with Crippen LogP contribution in [0.2, 0.25) is 0 Å². The minimum atomic E-state index is -0.744. The zero-order valence-corrected chi connectivity index (χ0v) is 16.6. The molecule has 1 atom stereocenters. The van der Waals surface area contributed by atoms with E-state index in [9.17, 15) is 9.59 Å². The van der Waals surface area contributed by atoms with E-state index >= 15 is 0 Å². The molecule has 7 nitrogen and oxygen atoms in total. The van der Waals surface area contributed by atoms with Crippen molar-refractivity contribution in [2.24, 2.45) is 0 Å². The lowest BCUT2D eigenvalue weighted by molar-refractivity contribution is -0.119. The summed E-state index contributed by atoms with van der Waals surface area (Å²) in [5.74, 6) is 0.684. The van der Waals surface area contributed by atoms with Crippen molar-refractivity contribution >= 4 is 28.7 Å². The van der Waals surface area contributed by atoms with Crippen LogP contribution < -0.4 is 10.9 Å². The second kappa shape index (κ2) is 6.97. The molecule has 0 spiro atoms. The van der Waals surface area contributed by atoms with Gasteiger partial charge in [0.25, 0.3) is 5.56 Å². The first-order valence-electron chi connectivity index (χ1n) is 9.53. The summed E-state index contributed by atoms with van der Waals surface area (Å²) in [5, 5.41) is 9.39. The normalized spacial score (nSPS) is 14.8. The summed E-state index contributed by atoms with van der Waals surface area (Å²) >= 11 is 1.56. The fraction of sp³-hybridized carbons (Fsp3) is 0.238. The highest BCUT2D eigenvalue weighted by molar-refractivity contribution is 7.13. The summed E-state index contributed by atoms with van der Waals surface area (Å²) in [7, 11) is 0. The average Bonchev–Trinajstić information content (AvgIpc) is 3.31. The van der Waals surface area contributed by atoms with Crippen LogP contribution in [0.15, 0.2) is 58.8 Å². The molecule has 1 N–H and O–H groups in total. The van der Waals surface area contributed by atoms with Crippen LogP contribution in [0.5, 0.6) is 0 Å². The minimum absolute atomic E-state index is 0.284. The summed E-state index contributed by atoms with van der Waals surface area (Å²) in [4.78, 5) is 31.0. The monoisotopic (exact) mass is 405 g/mol. The number of hydrogen-bond acceptors (Lipinski definition) is 5. The maximum atomic E-state index is 13.1. The molecule has 4 heterocycles. The van der Waals surface area contributed by atoms with Gasteiger partial charge in [-0.05, 0) is 49.4 Å². The van der Waals surface area contributed by atoms with Gasteiger partial charge in [-0.3, -0.25) is 14.0 Å². The summed E-state index contributed by atoms with van der Waals surface area (Å²) in [5.41, 5.74) is 2.04. The van der Waals surface area contributed by atoms with Crippen LogP contribution in [0.4, 0.5) is 5.82 Å². The second-order valence-corrected chi connectivity index (χ2v) is 8.14. The lowest BCUT2D eigenvalue weighted by Gasteiger charge is -2.15. The van der Waals surface area contributed by atoms with E-state index in [4.69, 9.17) is 0 Å². The largest absolute Gasteiger partial charge is 0.308 e. The van der Waals surface area contributed by atoms with Crippen LogP contribution in [-0.4, -0.2) is 25.1 Å². The molecule has 0 bridgehead atoms. The standard InChI is InChI=1S/C21H19N5O2S/c1-13(26-18(27)10-9-15(24-26)14-7-8-14)21(28)23-20-19(16-5-4-12-29-16)22-17-6-2-3-11-25(17)20/h2-6,9-14H,7-8H2,1H3,(H,23,28). The Kier molecular flexibility index (Phi) is 4.28. The van der Waals surface area contributed by atoms with Crippen molar-refractivity contribution in [3.63, 3.8) is 0 Å². The molecule has 1 saturated carbocycles. The molecule has 1 aliphatic carbocycles. The first-order chi connectivity index (χ1) is 14.1. The van der Waals surface area contributed by atoms with Crippen LogP contribution >= 0.6 is 11.3 Å². The van der Waals surface area contributed by atoms with E-state index in [1.807, 2.05) is 46.3 Å². The van der Waals surface area contributed by atoms with Crippen molar-refractivity contribution in [1.29, 1.82) is 0 Å². The second-order valence-electron chi connectivity index (χ2n) is 7.20. The molecule has 0 aromatic carbocycles. The molecule has 0 aliphatic heterocycles. The Hall–Kier alpha value is -3.26. The average molecular weight is 405 g/mol. The summed E-state index contributed by atoms with van der Waals surface area (Å²) < 4.78 is 3.12. The van der Waals surface area contributed by atoms with Crippen molar-refractivity contribution in [3.05, 3.63) is 70.1 Å². The van der Waals surface area contributed by atoms with Crippen LogP contribution in [0, 0.1) is 0 Å². The van der Waals surface area contributed by atoms with Crippen LogP contribution in [-0.2, 0) is 4.79 Å². The Labute approximate surface area is 170 Å². The maximum Gasteiger partial charge on any atom is 0.267 e. The number of pyridine rings is 1. The number of imidazole rings is 1. The Morgan fingerprint density at radius 2 is 2.07 bits per heavy atom. The predicted molar refractivity (Wildman–Crippen MR) is 112 cm³/mol. The Morgan fingerprint density at radius 3 is 2.83 bits per heavy atom. The maximum absolute atomic E-state index is 13.1. The molecule has 4 aromatic rings. The minimum Gasteiger partial charge on any atom is -0.308 e. The van der Waals surface area contributed by atoms with Gasteiger partial charge in [0.1, 0.15) is 23.2 Å². The molecule has 0 radical (unpaired) electrons. The smallest absolute Gasteiger partial charge is 0.267 e. The van der Waals surface area contributed by atoms with E-state index in [1.54, 1.807) is 24.3 Å². The molecule has 4 aromatic heterocycles. The summed E-state index contributed by atoms with van der Waals surface area (Å²) in [6, 6.07) is 12.1. The van der Waals surface area contributed by atoms with Gasteiger partial charge < -0.3 is 5.32 Å². The number of carbonyl (C=O) groups is 1. The van der Waals surface area contributed by atoms with E-state index in [-0.39, 0.29) is 11.5 Å². The highest BCUT2D eigenvalue weighted by atomic mass is 32.1. The van der Waals surface area contributed by atoms with Gasteiger partial charge in [0.05, 0.1) is 10.6 Å². The molecular formula is C21H19N5O2S. The van der Waals surface area contributed by atoms with Gasteiger partial charge in [-0.25, -0.2) is 9.67 Å². The lowest BCUT2D eigenvalue weighted by atomic mass is 10.2. The SMILES string of the molecule is CC(C(=O)Nc1c(-c2cccs2)nc2ccccn12)n1nc(C2CC2)ccc1=O. The van der Waals surface area contributed by atoms with Crippen molar-refractivity contribution in [1.82, 2.24) is 19.2 Å². The zero-order valence-electron chi connectivity index (χ0n) is 15.8. The lowest BCUT2D eigenvalue weighted by Crippen LogP contribution is -2.33. The van der Waals surface area contributed by atoms with Gasteiger partial charge in [0.2, 0.25) is 5.91 Å². The molecule has 1 fully saturated rings. The van der Waals surface area contributed by atoms with Crippen LogP contribution in [0.3, 0.4) is 0 Å². The van der Waals surface area contributed by atoms with Crippen LogP contribution in [0.1, 0.15) is 37.4 Å². The number of nitrogens with one attached hydrogen (secondary N) is 1. The molecule has 1 aliphatic rings. The molecular weight excluding hydrogens is 386 g/mol. The fourth-order valence-electron chi connectivity index (χ4n) is 3.35. The number of hydrogen-bond donors (Lipinski definition) is 1. The van der Waals surface area contributed by atoms with Crippen molar-refractivity contribution in [3.8, 4) is 10.6 Å². The predicted octanol–water partition coefficient (Wildman–Crippen LogP) is 3.70. The number of anilines is 1. The number of rotatable bonds is 5. The molecule has 1 unspecified atom stereocenters. The third kappa shape index (κ3) is 3.25. The molecule has 5 rings (SSSR count). The highest BCUT2D eigenvalue weighted by Gasteiger charge is 2.27.